The molecule has 2 amide bonds. The SMILES string of the molecule is COc1cc(C(=O)NCCC(=O)NCc2ccncc2)ccc1OC1CCCC1. The number of hydrogen-bond acceptors (Lipinski definition) is 5. The van der Waals surface area contributed by atoms with E-state index in [4.69, 9.17) is 9.47 Å². The average Bonchev–Trinajstić information content (AvgIpc) is 3.26. The van der Waals surface area contributed by atoms with Crippen molar-refractivity contribution in [1.29, 1.82) is 0 Å². The number of benzene rings is 1. The minimum absolute atomic E-state index is 0.125. The molecule has 0 radical (unpaired) electrons. The van der Waals surface area contributed by atoms with E-state index in [-0.39, 0.29) is 30.9 Å². The van der Waals surface area contributed by atoms with Crippen LogP contribution in [0.3, 0.4) is 0 Å². The first-order valence-corrected chi connectivity index (χ1v) is 9.94. The molecule has 0 atom stereocenters. The summed E-state index contributed by atoms with van der Waals surface area (Å²) in [5, 5.41) is 5.58. The van der Waals surface area contributed by atoms with Crippen molar-refractivity contribution < 1.29 is 19.1 Å². The second-order valence-electron chi connectivity index (χ2n) is 7.03. The molecule has 0 unspecified atom stereocenters. The van der Waals surface area contributed by atoms with Gasteiger partial charge in [-0.05, 0) is 61.6 Å². The lowest BCUT2D eigenvalue weighted by Gasteiger charge is -2.16. The van der Waals surface area contributed by atoms with E-state index < -0.39 is 0 Å². The largest absolute Gasteiger partial charge is 0.493 e. The zero-order chi connectivity index (χ0) is 20.5. The fraction of sp³-hybridized carbons (Fsp3) is 0.409. The Labute approximate surface area is 170 Å². The molecule has 1 fully saturated rings. The Hall–Kier alpha value is -3.09. The highest BCUT2D eigenvalue weighted by atomic mass is 16.5. The number of rotatable bonds is 9. The van der Waals surface area contributed by atoms with Crippen LogP contribution >= 0.6 is 0 Å². The van der Waals surface area contributed by atoms with Gasteiger partial charge in [0.1, 0.15) is 0 Å². The summed E-state index contributed by atoms with van der Waals surface area (Å²) in [6.45, 7) is 0.693. The highest BCUT2D eigenvalue weighted by Gasteiger charge is 2.19. The van der Waals surface area contributed by atoms with Crippen LogP contribution in [0.25, 0.3) is 0 Å². The summed E-state index contributed by atoms with van der Waals surface area (Å²) in [4.78, 5) is 28.2. The molecule has 1 saturated carbocycles. The van der Waals surface area contributed by atoms with Crippen molar-refractivity contribution >= 4 is 11.8 Å². The first kappa shape index (κ1) is 20.6. The van der Waals surface area contributed by atoms with Crippen LogP contribution < -0.4 is 20.1 Å². The van der Waals surface area contributed by atoms with Gasteiger partial charge in [-0.3, -0.25) is 14.6 Å². The molecule has 0 aliphatic heterocycles. The Balaban J connectivity index is 1.45. The smallest absolute Gasteiger partial charge is 0.251 e. The van der Waals surface area contributed by atoms with Crippen molar-refractivity contribution in [1.82, 2.24) is 15.6 Å². The van der Waals surface area contributed by atoms with E-state index in [0.717, 1.165) is 18.4 Å². The minimum atomic E-state index is -0.252. The predicted octanol–water partition coefficient (Wildman–Crippen LogP) is 2.85. The van der Waals surface area contributed by atoms with Crippen LogP contribution in [0.5, 0.6) is 11.5 Å². The Morgan fingerprint density at radius 1 is 1.07 bits per heavy atom. The number of methoxy groups -OCH3 is 1. The summed E-state index contributed by atoms with van der Waals surface area (Å²) in [7, 11) is 1.56. The van der Waals surface area contributed by atoms with Crippen molar-refractivity contribution in [2.24, 2.45) is 0 Å². The third-order valence-electron chi connectivity index (χ3n) is 4.90. The maximum Gasteiger partial charge on any atom is 0.251 e. The van der Waals surface area contributed by atoms with E-state index in [1.54, 1.807) is 37.7 Å². The number of hydrogen-bond donors (Lipinski definition) is 2. The number of carbonyl (C=O) groups excluding carboxylic acids is 2. The number of amides is 2. The fourth-order valence-electron chi connectivity index (χ4n) is 3.27. The quantitative estimate of drug-likeness (QED) is 0.679. The number of carbonyl (C=O) groups is 2. The highest BCUT2D eigenvalue weighted by Crippen LogP contribution is 2.32. The molecule has 1 aromatic heterocycles. The minimum Gasteiger partial charge on any atom is -0.493 e. The summed E-state index contributed by atoms with van der Waals surface area (Å²) >= 11 is 0. The standard InChI is InChI=1S/C22H27N3O4/c1-28-20-14-17(6-7-19(20)29-18-4-2-3-5-18)22(27)24-13-10-21(26)25-15-16-8-11-23-12-9-16/h6-9,11-12,14,18H,2-5,10,13,15H2,1H3,(H,24,27)(H,25,26). The van der Waals surface area contributed by atoms with E-state index in [1.165, 1.54) is 12.8 Å². The number of nitrogens with zero attached hydrogens (tertiary/aromatic N) is 1. The second kappa shape index (κ2) is 10.5. The van der Waals surface area contributed by atoms with E-state index in [1.807, 2.05) is 12.1 Å². The Morgan fingerprint density at radius 2 is 1.83 bits per heavy atom. The maximum atomic E-state index is 12.4. The molecular formula is C22H27N3O4. The summed E-state index contributed by atoms with van der Waals surface area (Å²) in [6, 6.07) is 8.84. The van der Waals surface area contributed by atoms with Crippen LogP contribution in [0.2, 0.25) is 0 Å². The van der Waals surface area contributed by atoms with Gasteiger partial charge in [0.2, 0.25) is 5.91 Å². The number of nitrogens with one attached hydrogen (secondary N) is 2. The molecule has 154 valence electrons. The summed E-state index contributed by atoms with van der Waals surface area (Å²) in [5.41, 5.74) is 1.45. The van der Waals surface area contributed by atoms with Crippen LogP contribution in [-0.2, 0) is 11.3 Å². The molecule has 1 aliphatic rings. The normalized spacial score (nSPS) is 13.7. The van der Waals surface area contributed by atoms with Gasteiger partial charge < -0.3 is 20.1 Å². The van der Waals surface area contributed by atoms with Gasteiger partial charge in [-0.1, -0.05) is 0 Å². The Kier molecular flexibility index (Phi) is 7.44. The molecule has 7 nitrogen and oxygen atoms in total. The van der Waals surface area contributed by atoms with Crippen molar-refractivity contribution in [3.05, 3.63) is 53.9 Å². The van der Waals surface area contributed by atoms with E-state index in [2.05, 4.69) is 15.6 Å². The molecule has 1 aromatic carbocycles. The van der Waals surface area contributed by atoms with Gasteiger partial charge in [-0.25, -0.2) is 0 Å². The molecule has 0 spiro atoms. The summed E-state index contributed by atoms with van der Waals surface area (Å²) in [5.74, 6) is 0.823. The lowest BCUT2D eigenvalue weighted by atomic mass is 10.2. The zero-order valence-electron chi connectivity index (χ0n) is 16.6. The third-order valence-corrected chi connectivity index (χ3v) is 4.90. The third kappa shape index (κ3) is 6.20. The van der Waals surface area contributed by atoms with Crippen LogP contribution in [0, 0.1) is 0 Å². The van der Waals surface area contributed by atoms with Gasteiger partial charge in [0.15, 0.2) is 11.5 Å². The highest BCUT2D eigenvalue weighted by molar-refractivity contribution is 5.95. The number of pyridine rings is 1. The molecule has 2 aromatic rings. The Bertz CT molecular complexity index is 820. The van der Waals surface area contributed by atoms with Crippen molar-refractivity contribution in [3.8, 4) is 11.5 Å². The zero-order valence-corrected chi connectivity index (χ0v) is 16.6. The average molecular weight is 397 g/mol. The molecule has 3 rings (SSSR count). The van der Waals surface area contributed by atoms with Crippen molar-refractivity contribution in [2.45, 2.75) is 44.8 Å². The molecule has 0 saturated heterocycles. The van der Waals surface area contributed by atoms with E-state index >= 15 is 0 Å². The molecular weight excluding hydrogens is 370 g/mol. The van der Waals surface area contributed by atoms with E-state index in [0.29, 0.717) is 23.6 Å². The lowest BCUT2D eigenvalue weighted by Crippen LogP contribution is -2.30. The van der Waals surface area contributed by atoms with Crippen LogP contribution in [0.1, 0.15) is 48.0 Å². The summed E-state index contributed by atoms with van der Waals surface area (Å²) < 4.78 is 11.4. The van der Waals surface area contributed by atoms with Gasteiger partial charge in [-0.2, -0.15) is 0 Å². The van der Waals surface area contributed by atoms with Crippen molar-refractivity contribution in [3.63, 3.8) is 0 Å². The van der Waals surface area contributed by atoms with Gasteiger partial charge in [-0.15, -0.1) is 0 Å². The molecule has 1 aliphatic carbocycles. The topological polar surface area (TPSA) is 89.5 Å². The van der Waals surface area contributed by atoms with Gasteiger partial charge in [0.05, 0.1) is 13.2 Å². The van der Waals surface area contributed by atoms with Crippen LogP contribution in [0.15, 0.2) is 42.7 Å². The molecule has 7 heteroatoms. The maximum absolute atomic E-state index is 12.4. The Morgan fingerprint density at radius 3 is 2.55 bits per heavy atom. The predicted molar refractivity (Wildman–Crippen MR) is 109 cm³/mol. The summed E-state index contributed by atoms with van der Waals surface area (Å²) in [6.07, 6.45) is 8.25. The monoisotopic (exact) mass is 397 g/mol. The lowest BCUT2D eigenvalue weighted by molar-refractivity contribution is -0.121. The number of aromatic nitrogens is 1. The first-order chi connectivity index (χ1) is 14.2. The van der Waals surface area contributed by atoms with E-state index in [9.17, 15) is 9.59 Å². The van der Waals surface area contributed by atoms with Crippen LogP contribution in [-0.4, -0.2) is 36.6 Å². The molecule has 0 bridgehead atoms. The van der Waals surface area contributed by atoms with Gasteiger partial charge >= 0.3 is 0 Å². The fourth-order valence-corrected chi connectivity index (χ4v) is 3.27. The van der Waals surface area contributed by atoms with Crippen LogP contribution in [0.4, 0.5) is 0 Å². The molecule has 1 heterocycles. The molecule has 29 heavy (non-hydrogen) atoms. The second-order valence-corrected chi connectivity index (χ2v) is 7.03. The van der Waals surface area contributed by atoms with Crippen molar-refractivity contribution in [2.75, 3.05) is 13.7 Å². The van der Waals surface area contributed by atoms with Gasteiger partial charge in [0.25, 0.3) is 5.91 Å². The van der Waals surface area contributed by atoms with Gasteiger partial charge in [0, 0.05) is 37.5 Å². The number of ether oxygens (including phenoxy) is 2. The first-order valence-electron chi connectivity index (χ1n) is 9.94. The molecule has 2 N–H and O–H groups in total.